The number of nitrogens with zero attached hydrogens (tertiary/aromatic N) is 4. The highest BCUT2D eigenvalue weighted by Crippen LogP contribution is 2.21. The Balaban J connectivity index is 1.53. The monoisotopic (exact) mass is 413 g/mol. The number of thiophene rings is 1. The first kappa shape index (κ1) is 19.8. The molecule has 27 heavy (non-hydrogen) atoms. The topological polar surface area (TPSA) is 106 Å². The summed E-state index contributed by atoms with van der Waals surface area (Å²) < 4.78 is 27.3. The molecule has 1 amide bonds. The smallest absolute Gasteiger partial charge is 0.346 e. The summed E-state index contributed by atoms with van der Waals surface area (Å²) in [6.45, 7) is 1.31. The normalized spacial score (nSPS) is 16.5. The van der Waals surface area contributed by atoms with Gasteiger partial charge in [-0.2, -0.15) is 0 Å². The molecular weight excluding hydrogens is 390 g/mol. The molecule has 3 rings (SSSR count). The lowest BCUT2D eigenvalue weighted by molar-refractivity contribution is -0.126. The van der Waals surface area contributed by atoms with Gasteiger partial charge in [0.15, 0.2) is 5.82 Å². The van der Waals surface area contributed by atoms with E-state index in [-0.39, 0.29) is 24.1 Å². The second-order valence-electron chi connectivity index (χ2n) is 6.59. The zero-order valence-corrected chi connectivity index (χ0v) is 16.9. The molecule has 2 aromatic heterocycles. The number of carbonyl (C=O) groups excluding carboxylic acids is 1. The van der Waals surface area contributed by atoms with Crippen molar-refractivity contribution in [1.82, 2.24) is 24.0 Å². The Morgan fingerprint density at radius 2 is 2.07 bits per heavy atom. The molecule has 0 aromatic carbocycles. The van der Waals surface area contributed by atoms with Crippen LogP contribution in [0.15, 0.2) is 22.3 Å². The highest BCUT2D eigenvalue weighted by Gasteiger charge is 2.28. The minimum Gasteiger partial charge on any atom is -0.354 e. The molecule has 2 aromatic rings. The molecule has 148 valence electrons. The Bertz CT molecular complexity index is 954. The van der Waals surface area contributed by atoms with Crippen molar-refractivity contribution in [3.63, 3.8) is 0 Å². The maximum absolute atomic E-state index is 12.3. The van der Waals surface area contributed by atoms with Gasteiger partial charge in [-0.1, -0.05) is 6.07 Å². The first-order chi connectivity index (χ1) is 12.8. The molecule has 0 saturated carbocycles. The zero-order valence-electron chi connectivity index (χ0n) is 15.3. The first-order valence-electron chi connectivity index (χ1n) is 8.68. The fraction of sp³-hybridized carbons (Fsp3) is 0.562. The molecule has 1 N–H and O–H groups in total. The van der Waals surface area contributed by atoms with Gasteiger partial charge in [-0.15, -0.1) is 16.4 Å². The van der Waals surface area contributed by atoms with Crippen molar-refractivity contribution in [3.05, 3.63) is 28.0 Å². The van der Waals surface area contributed by atoms with E-state index in [0.29, 0.717) is 38.3 Å². The third kappa shape index (κ3) is 4.47. The summed E-state index contributed by atoms with van der Waals surface area (Å²) in [5.74, 6) is 0.296. The van der Waals surface area contributed by atoms with Crippen LogP contribution >= 0.6 is 11.3 Å². The first-order valence-corrected chi connectivity index (χ1v) is 11.4. The fourth-order valence-corrected chi connectivity index (χ4v) is 4.75. The number of amides is 1. The molecule has 3 heterocycles. The van der Waals surface area contributed by atoms with E-state index < -0.39 is 10.0 Å². The van der Waals surface area contributed by atoms with Crippen molar-refractivity contribution in [1.29, 1.82) is 0 Å². The Hall–Kier alpha value is -1.98. The van der Waals surface area contributed by atoms with Gasteiger partial charge >= 0.3 is 5.69 Å². The summed E-state index contributed by atoms with van der Waals surface area (Å²) in [4.78, 5) is 25.5. The Labute approximate surface area is 161 Å². The van der Waals surface area contributed by atoms with Crippen LogP contribution in [-0.4, -0.2) is 58.9 Å². The summed E-state index contributed by atoms with van der Waals surface area (Å²) in [6.07, 6.45) is 2.19. The van der Waals surface area contributed by atoms with Gasteiger partial charge in [-0.25, -0.2) is 22.2 Å². The number of piperidine rings is 1. The molecule has 11 heteroatoms. The lowest BCUT2D eigenvalue weighted by Gasteiger charge is -2.29. The summed E-state index contributed by atoms with van der Waals surface area (Å²) in [6, 6.07) is 3.81. The van der Waals surface area contributed by atoms with Gasteiger partial charge in [0.1, 0.15) is 0 Å². The van der Waals surface area contributed by atoms with Crippen molar-refractivity contribution in [2.75, 3.05) is 25.9 Å². The van der Waals surface area contributed by atoms with Crippen molar-refractivity contribution >= 4 is 27.3 Å². The van der Waals surface area contributed by atoms with Gasteiger partial charge in [0.05, 0.1) is 17.7 Å². The third-order valence-corrected chi connectivity index (χ3v) is 6.87. The number of hydrogen-bond donors (Lipinski definition) is 1. The SMILES string of the molecule is Cn1c(-c2cccs2)nn(CCNC(=O)C2CCN(S(C)(=O)=O)CC2)c1=O. The van der Waals surface area contributed by atoms with Gasteiger partial charge in [-0.3, -0.25) is 9.36 Å². The van der Waals surface area contributed by atoms with Crippen molar-refractivity contribution in [2.45, 2.75) is 19.4 Å². The van der Waals surface area contributed by atoms with Crippen LogP contribution in [0.2, 0.25) is 0 Å². The van der Waals surface area contributed by atoms with Gasteiger partial charge in [-0.05, 0) is 24.3 Å². The molecule has 1 fully saturated rings. The van der Waals surface area contributed by atoms with E-state index in [0.717, 1.165) is 4.88 Å². The number of aromatic nitrogens is 3. The molecule has 1 saturated heterocycles. The van der Waals surface area contributed by atoms with Crippen LogP contribution in [0, 0.1) is 5.92 Å². The quantitative estimate of drug-likeness (QED) is 0.723. The van der Waals surface area contributed by atoms with Crippen LogP contribution in [-0.2, 0) is 28.4 Å². The van der Waals surface area contributed by atoms with Crippen LogP contribution in [0.5, 0.6) is 0 Å². The number of carbonyl (C=O) groups is 1. The summed E-state index contributed by atoms with van der Waals surface area (Å²) in [5, 5.41) is 9.11. The molecule has 0 aliphatic carbocycles. The number of nitrogens with one attached hydrogen (secondary N) is 1. The van der Waals surface area contributed by atoms with Gasteiger partial charge in [0.25, 0.3) is 0 Å². The second-order valence-corrected chi connectivity index (χ2v) is 9.52. The maximum Gasteiger partial charge on any atom is 0.346 e. The standard InChI is InChI=1S/C16H23N5O4S2/c1-19-14(13-4-3-11-26-13)18-21(16(19)23)10-7-17-15(22)12-5-8-20(9-6-12)27(2,24)25/h3-4,11-12H,5-10H2,1-2H3,(H,17,22). The number of rotatable bonds is 6. The van der Waals surface area contributed by atoms with Crippen molar-refractivity contribution in [3.8, 4) is 10.7 Å². The summed E-state index contributed by atoms with van der Waals surface area (Å²) in [7, 11) is -1.52. The van der Waals surface area contributed by atoms with Crippen molar-refractivity contribution in [2.24, 2.45) is 13.0 Å². The average molecular weight is 414 g/mol. The zero-order chi connectivity index (χ0) is 19.6. The molecular formula is C16H23N5O4S2. The van der Waals surface area contributed by atoms with Crippen LogP contribution in [0.4, 0.5) is 0 Å². The van der Waals surface area contributed by atoms with Crippen LogP contribution < -0.4 is 11.0 Å². The highest BCUT2D eigenvalue weighted by atomic mass is 32.2. The van der Waals surface area contributed by atoms with Gasteiger partial charge in [0.2, 0.25) is 15.9 Å². The maximum atomic E-state index is 12.3. The predicted octanol–water partition coefficient (Wildman–Crippen LogP) is 0.0981. The largest absolute Gasteiger partial charge is 0.354 e. The summed E-state index contributed by atoms with van der Waals surface area (Å²) >= 11 is 1.51. The molecule has 0 bridgehead atoms. The molecule has 0 spiro atoms. The highest BCUT2D eigenvalue weighted by molar-refractivity contribution is 7.88. The molecule has 0 unspecified atom stereocenters. The molecule has 1 aliphatic heterocycles. The van der Waals surface area contributed by atoms with Gasteiger partial charge < -0.3 is 5.32 Å². The lowest BCUT2D eigenvalue weighted by Crippen LogP contribution is -2.43. The van der Waals surface area contributed by atoms with Crippen LogP contribution in [0.1, 0.15) is 12.8 Å². The van der Waals surface area contributed by atoms with E-state index in [9.17, 15) is 18.0 Å². The molecule has 0 atom stereocenters. The summed E-state index contributed by atoms with van der Waals surface area (Å²) in [5.41, 5.74) is -0.228. The van der Waals surface area contributed by atoms with E-state index in [1.54, 1.807) is 7.05 Å². The Kier molecular flexibility index (Phi) is 5.82. The number of sulfonamides is 1. The van der Waals surface area contributed by atoms with Crippen LogP contribution in [0.3, 0.4) is 0 Å². The molecule has 1 aliphatic rings. The average Bonchev–Trinajstić information content (AvgIpc) is 3.25. The molecule has 0 radical (unpaired) electrons. The minimum absolute atomic E-state index is 0.106. The Morgan fingerprint density at radius 3 is 2.67 bits per heavy atom. The van der Waals surface area contributed by atoms with E-state index in [1.807, 2.05) is 17.5 Å². The van der Waals surface area contributed by atoms with E-state index in [1.165, 1.54) is 31.1 Å². The minimum atomic E-state index is -3.20. The van der Waals surface area contributed by atoms with Crippen molar-refractivity contribution < 1.29 is 13.2 Å². The van der Waals surface area contributed by atoms with E-state index in [2.05, 4.69) is 10.4 Å². The Morgan fingerprint density at radius 1 is 1.37 bits per heavy atom. The van der Waals surface area contributed by atoms with E-state index in [4.69, 9.17) is 0 Å². The van der Waals surface area contributed by atoms with Crippen LogP contribution in [0.25, 0.3) is 10.7 Å². The lowest BCUT2D eigenvalue weighted by atomic mass is 9.97. The second kappa shape index (κ2) is 7.95. The van der Waals surface area contributed by atoms with Gasteiger partial charge in [0, 0.05) is 32.6 Å². The number of hydrogen-bond acceptors (Lipinski definition) is 6. The predicted molar refractivity (Wildman–Crippen MR) is 103 cm³/mol. The molecule has 9 nitrogen and oxygen atoms in total. The van der Waals surface area contributed by atoms with E-state index >= 15 is 0 Å². The third-order valence-electron chi connectivity index (χ3n) is 4.70. The fourth-order valence-electron chi connectivity index (χ4n) is 3.13.